The van der Waals surface area contributed by atoms with Gasteiger partial charge in [-0.15, -0.1) is 11.3 Å². The van der Waals surface area contributed by atoms with Crippen molar-refractivity contribution in [2.24, 2.45) is 5.73 Å². The van der Waals surface area contributed by atoms with Crippen LogP contribution in [-0.2, 0) is 4.79 Å². The lowest BCUT2D eigenvalue weighted by molar-refractivity contribution is -0.122. The molecule has 0 radical (unpaired) electrons. The lowest BCUT2D eigenvalue weighted by atomic mass is 10.0. The van der Waals surface area contributed by atoms with E-state index < -0.39 is 0 Å². The summed E-state index contributed by atoms with van der Waals surface area (Å²) in [6.07, 6.45) is 0.846. The number of nitrogens with one attached hydrogen (secondary N) is 1. The number of carbonyl (C=O) groups excluding carboxylic acids is 1. The number of likely N-dealkylation sites (N-methyl/N-ethyl adjacent to an activating group) is 2. The van der Waals surface area contributed by atoms with Crippen LogP contribution in [-0.4, -0.2) is 37.5 Å². The molecular weight excluding hydrogens is 270 g/mol. The van der Waals surface area contributed by atoms with E-state index >= 15 is 0 Å². The number of nitrogens with zero attached hydrogens (tertiary/aromatic N) is 1. The second kappa shape index (κ2) is 7.09. The van der Waals surface area contributed by atoms with Crippen molar-refractivity contribution in [3.05, 3.63) is 21.3 Å². The van der Waals surface area contributed by atoms with Gasteiger partial charge >= 0.3 is 0 Å². The van der Waals surface area contributed by atoms with Crippen LogP contribution in [0.5, 0.6) is 0 Å². The summed E-state index contributed by atoms with van der Waals surface area (Å²) in [5, 5.41) is 2.62. The molecule has 6 heteroatoms. The molecular formula is C12H20ClN3OS. The van der Waals surface area contributed by atoms with E-state index in [1.165, 1.54) is 11.3 Å². The first-order valence-electron chi connectivity index (χ1n) is 5.91. The van der Waals surface area contributed by atoms with Crippen LogP contribution in [0.2, 0.25) is 4.34 Å². The van der Waals surface area contributed by atoms with Crippen LogP contribution in [0.4, 0.5) is 0 Å². The van der Waals surface area contributed by atoms with E-state index in [2.05, 4.69) is 5.32 Å². The molecule has 1 aromatic heterocycles. The first-order valence-corrected chi connectivity index (χ1v) is 7.10. The van der Waals surface area contributed by atoms with Crippen LogP contribution in [0, 0.1) is 0 Å². The fourth-order valence-corrected chi connectivity index (χ4v) is 3.17. The first kappa shape index (κ1) is 15.4. The fraction of sp³-hybridized carbons (Fsp3) is 0.583. The van der Waals surface area contributed by atoms with Crippen molar-refractivity contribution in [1.29, 1.82) is 0 Å². The molecule has 102 valence electrons. The maximum Gasteiger partial charge on any atom is 0.233 e. The van der Waals surface area contributed by atoms with Gasteiger partial charge in [0.05, 0.1) is 16.9 Å². The second-order valence-electron chi connectivity index (χ2n) is 4.25. The summed E-state index contributed by atoms with van der Waals surface area (Å²) < 4.78 is 0.742. The molecule has 0 saturated heterocycles. The van der Waals surface area contributed by atoms with Gasteiger partial charge in [0.15, 0.2) is 0 Å². The molecule has 0 aliphatic rings. The number of amides is 1. The number of thiophene rings is 1. The van der Waals surface area contributed by atoms with E-state index in [4.69, 9.17) is 17.3 Å². The normalized spacial score (nSPS) is 14.6. The van der Waals surface area contributed by atoms with Gasteiger partial charge in [0.2, 0.25) is 5.91 Å². The second-order valence-corrected chi connectivity index (χ2v) is 5.99. The minimum absolute atomic E-state index is 0.0183. The summed E-state index contributed by atoms with van der Waals surface area (Å²) in [5.74, 6) is -0.0199. The van der Waals surface area contributed by atoms with Crippen LogP contribution in [0.25, 0.3) is 0 Å². The molecule has 2 unspecified atom stereocenters. The predicted molar refractivity (Wildman–Crippen MR) is 77.0 cm³/mol. The highest BCUT2D eigenvalue weighted by Crippen LogP contribution is 2.32. The molecule has 1 heterocycles. The molecule has 0 fully saturated rings. The highest BCUT2D eigenvalue weighted by Gasteiger charge is 2.25. The standard InChI is InChI=1S/C12H20ClN3OS/c1-4-8(14)12(9-5-6-10(13)18-9)16(3)7-11(17)15-2/h5-6,8,12H,4,7,14H2,1-3H3,(H,15,17). The van der Waals surface area contributed by atoms with E-state index in [-0.39, 0.29) is 18.0 Å². The lowest BCUT2D eigenvalue weighted by Gasteiger charge is -2.31. The number of nitrogens with two attached hydrogens (primary N) is 1. The van der Waals surface area contributed by atoms with E-state index in [9.17, 15) is 4.79 Å². The maximum atomic E-state index is 11.5. The Labute approximate surface area is 117 Å². The molecule has 1 amide bonds. The van der Waals surface area contributed by atoms with Crippen molar-refractivity contribution in [2.75, 3.05) is 20.6 Å². The minimum Gasteiger partial charge on any atom is -0.358 e. The Morgan fingerprint density at radius 1 is 1.61 bits per heavy atom. The highest BCUT2D eigenvalue weighted by atomic mass is 35.5. The predicted octanol–water partition coefficient (Wildman–Crippen LogP) is 1.86. The summed E-state index contributed by atoms with van der Waals surface area (Å²) >= 11 is 7.48. The molecule has 0 spiro atoms. The van der Waals surface area contributed by atoms with Gasteiger partial charge in [-0.2, -0.15) is 0 Å². The number of halogens is 1. The molecule has 0 bridgehead atoms. The van der Waals surface area contributed by atoms with Gasteiger partial charge in [0.1, 0.15) is 0 Å². The SMILES string of the molecule is CCC(N)C(c1ccc(Cl)s1)N(C)CC(=O)NC. The van der Waals surface area contributed by atoms with Gasteiger partial charge in [0.25, 0.3) is 0 Å². The molecule has 1 rings (SSSR count). The third kappa shape index (κ3) is 3.95. The minimum atomic E-state index is -0.0199. The third-order valence-corrected chi connectivity index (χ3v) is 4.21. The zero-order chi connectivity index (χ0) is 13.7. The Bertz CT molecular complexity index is 396. The number of rotatable bonds is 6. The smallest absolute Gasteiger partial charge is 0.233 e. The van der Waals surface area contributed by atoms with E-state index in [1.54, 1.807) is 7.05 Å². The van der Waals surface area contributed by atoms with Crippen LogP contribution in [0.15, 0.2) is 12.1 Å². The number of carbonyl (C=O) groups is 1. The van der Waals surface area contributed by atoms with Crippen LogP contribution in [0.3, 0.4) is 0 Å². The molecule has 0 aliphatic heterocycles. The topological polar surface area (TPSA) is 58.4 Å². The van der Waals surface area contributed by atoms with Crippen molar-refractivity contribution >= 4 is 28.8 Å². The molecule has 0 aliphatic carbocycles. The van der Waals surface area contributed by atoms with Gasteiger partial charge in [-0.05, 0) is 25.6 Å². The van der Waals surface area contributed by atoms with Gasteiger partial charge in [0, 0.05) is 18.0 Å². The van der Waals surface area contributed by atoms with Gasteiger partial charge < -0.3 is 11.1 Å². The largest absolute Gasteiger partial charge is 0.358 e. The van der Waals surface area contributed by atoms with Gasteiger partial charge in [-0.3, -0.25) is 9.69 Å². The van der Waals surface area contributed by atoms with Crippen LogP contribution < -0.4 is 11.1 Å². The van der Waals surface area contributed by atoms with E-state index in [0.717, 1.165) is 15.6 Å². The molecule has 18 heavy (non-hydrogen) atoms. The van der Waals surface area contributed by atoms with Gasteiger partial charge in [-0.25, -0.2) is 0 Å². The molecule has 4 nitrogen and oxygen atoms in total. The average molecular weight is 290 g/mol. The Morgan fingerprint density at radius 2 is 2.28 bits per heavy atom. The van der Waals surface area contributed by atoms with E-state index in [1.807, 2.05) is 31.0 Å². The first-order chi connectivity index (χ1) is 8.49. The van der Waals surface area contributed by atoms with Crippen molar-refractivity contribution < 1.29 is 4.79 Å². The Morgan fingerprint density at radius 3 is 2.72 bits per heavy atom. The zero-order valence-corrected chi connectivity index (χ0v) is 12.5. The molecule has 3 N–H and O–H groups in total. The number of hydrogen-bond acceptors (Lipinski definition) is 4. The lowest BCUT2D eigenvalue weighted by Crippen LogP contribution is -2.42. The monoisotopic (exact) mass is 289 g/mol. The molecule has 0 aromatic carbocycles. The molecule has 1 aromatic rings. The summed E-state index contributed by atoms with van der Waals surface area (Å²) in [6.45, 7) is 2.37. The Hall–Kier alpha value is -0.620. The van der Waals surface area contributed by atoms with Crippen molar-refractivity contribution in [1.82, 2.24) is 10.2 Å². The quantitative estimate of drug-likeness (QED) is 0.840. The van der Waals surface area contributed by atoms with Crippen LogP contribution in [0.1, 0.15) is 24.3 Å². The summed E-state index contributed by atoms with van der Waals surface area (Å²) in [4.78, 5) is 14.5. The summed E-state index contributed by atoms with van der Waals surface area (Å²) in [6, 6.07) is 3.84. The van der Waals surface area contributed by atoms with E-state index in [0.29, 0.717) is 6.54 Å². The Kier molecular flexibility index (Phi) is 6.08. The highest BCUT2D eigenvalue weighted by molar-refractivity contribution is 7.16. The molecule has 2 atom stereocenters. The van der Waals surface area contributed by atoms with Crippen molar-refractivity contribution in [3.8, 4) is 0 Å². The summed E-state index contributed by atoms with van der Waals surface area (Å²) in [5.41, 5.74) is 6.17. The number of hydrogen-bond donors (Lipinski definition) is 2. The third-order valence-electron chi connectivity index (χ3n) is 2.91. The van der Waals surface area contributed by atoms with Crippen molar-refractivity contribution in [2.45, 2.75) is 25.4 Å². The van der Waals surface area contributed by atoms with Gasteiger partial charge in [-0.1, -0.05) is 18.5 Å². The zero-order valence-electron chi connectivity index (χ0n) is 10.9. The average Bonchev–Trinajstić information content (AvgIpc) is 2.75. The summed E-state index contributed by atoms with van der Waals surface area (Å²) in [7, 11) is 3.54. The Balaban J connectivity index is 2.88. The van der Waals surface area contributed by atoms with Crippen molar-refractivity contribution in [3.63, 3.8) is 0 Å². The fourth-order valence-electron chi connectivity index (χ4n) is 1.87. The van der Waals surface area contributed by atoms with Crippen LogP contribution >= 0.6 is 22.9 Å². The molecule has 0 saturated carbocycles. The maximum absolute atomic E-state index is 11.5.